The Morgan fingerprint density at radius 1 is 1.44 bits per heavy atom. The van der Waals surface area contributed by atoms with Gasteiger partial charge in [-0.1, -0.05) is 0 Å². The number of esters is 1. The first kappa shape index (κ1) is 13.7. The number of carbonyl (C=O) groups excluding carboxylic acids is 1. The van der Waals surface area contributed by atoms with Crippen molar-refractivity contribution in [3.63, 3.8) is 0 Å². The van der Waals surface area contributed by atoms with Gasteiger partial charge in [0.25, 0.3) is 0 Å². The lowest BCUT2D eigenvalue weighted by atomic mass is 10.1. The van der Waals surface area contributed by atoms with Crippen LogP contribution in [0.5, 0.6) is 0 Å². The lowest BCUT2D eigenvalue weighted by Crippen LogP contribution is -2.44. The van der Waals surface area contributed by atoms with Gasteiger partial charge in [-0.15, -0.1) is 0 Å². The summed E-state index contributed by atoms with van der Waals surface area (Å²) in [5.41, 5.74) is -0.629. The third kappa shape index (κ3) is 3.20. The summed E-state index contributed by atoms with van der Waals surface area (Å²) in [6.07, 6.45) is -2.48. The average Bonchev–Trinajstić information content (AvgIpc) is 2.98. The molecule has 0 aromatic rings. The van der Waals surface area contributed by atoms with Gasteiger partial charge in [0.1, 0.15) is 24.0 Å². The van der Waals surface area contributed by atoms with Gasteiger partial charge in [0.05, 0.1) is 6.10 Å². The number of nitrogens with one attached hydrogen (secondary N) is 1. The maximum absolute atomic E-state index is 11.8. The zero-order valence-corrected chi connectivity index (χ0v) is 11.2. The topological polar surface area (TPSA) is 80.3 Å². The summed E-state index contributed by atoms with van der Waals surface area (Å²) in [5, 5.41) is 13.2. The fraction of sp³-hybridized carbons (Fsp3) is 0.917. The van der Waals surface area contributed by atoms with Crippen LogP contribution in [-0.4, -0.2) is 53.9 Å². The van der Waals surface area contributed by atoms with E-state index in [4.69, 9.17) is 14.2 Å². The average molecular weight is 259 g/mol. The molecule has 2 aliphatic rings. The second-order valence-electron chi connectivity index (χ2n) is 5.82. The summed E-state index contributed by atoms with van der Waals surface area (Å²) < 4.78 is 16.1. The predicted octanol–water partition coefficient (Wildman–Crippen LogP) is -0.209. The Hall–Kier alpha value is -0.690. The Balaban J connectivity index is 1.98. The summed E-state index contributed by atoms with van der Waals surface area (Å²) in [5.74, 6) is -0.671. The van der Waals surface area contributed by atoms with Crippen molar-refractivity contribution < 1.29 is 24.1 Å². The first-order chi connectivity index (χ1) is 8.28. The number of rotatable bonds is 2. The lowest BCUT2D eigenvalue weighted by molar-refractivity contribution is -0.176. The number of hydrogen-bond acceptors (Lipinski definition) is 6. The molecule has 2 heterocycles. The highest BCUT2D eigenvalue weighted by Crippen LogP contribution is 2.30. The molecule has 0 aromatic heterocycles. The van der Waals surface area contributed by atoms with Crippen LogP contribution in [0.25, 0.3) is 0 Å². The molecule has 2 rings (SSSR count). The van der Waals surface area contributed by atoms with Crippen molar-refractivity contribution >= 4 is 5.97 Å². The maximum atomic E-state index is 11.8. The van der Waals surface area contributed by atoms with Crippen LogP contribution in [0.4, 0.5) is 0 Å². The molecule has 0 aliphatic carbocycles. The normalized spacial score (nSPS) is 37.4. The Morgan fingerprint density at radius 3 is 2.72 bits per heavy atom. The Kier molecular flexibility index (Phi) is 3.64. The third-order valence-corrected chi connectivity index (χ3v) is 2.80. The highest BCUT2D eigenvalue weighted by Gasteiger charge is 2.53. The summed E-state index contributed by atoms with van der Waals surface area (Å²) in [6, 6.07) is 0. The van der Waals surface area contributed by atoms with Crippen LogP contribution in [0.2, 0.25) is 0 Å². The van der Waals surface area contributed by atoms with E-state index in [2.05, 4.69) is 5.32 Å². The number of ether oxygens (including phenoxy) is 3. The van der Waals surface area contributed by atoms with Gasteiger partial charge >= 0.3 is 5.97 Å². The van der Waals surface area contributed by atoms with Crippen molar-refractivity contribution in [1.82, 2.24) is 5.32 Å². The number of fused-ring (bicyclic) bond motifs is 1. The zero-order valence-electron chi connectivity index (χ0n) is 11.2. The zero-order chi connectivity index (χ0) is 13.5. The SMILES string of the molecule is C[C@H]1CNC2OC2[C@@H]([C@@H](O)C(=O)OC(C)(C)C)O1. The molecule has 0 spiro atoms. The fourth-order valence-electron chi connectivity index (χ4n) is 1.96. The minimum Gasteiger partial charge on any atom is -0.458 e. The van der Waals surface area contributed by atoms with Gasteiger partial charge in [-0.05, 0) is 27.7 Å². The molecule has 2 N–H and O–H groups in total. The van der Waals surface area contributed by atoms with E-state index < -0.39 is 23.8 Å². The van der Waals surface area contributed by atoms with Crippen LogP contribution in [0, 0.1) is 0 Å². The Morgan fingerprint density at radius 2 is 2.11 bits per heavy atom. The highest BCUT2D eigenvalue weighted by molar-refractivity contribution is 5.75. The monoisotopic (exact) mass is 259 g/mol. The first-order valence-electron chi connectivity index (χ1n) is 6.23. The number of aliphatic hydroxyl groups excluding tert-OH is 1. The van der Waals surface area contributed by atoms with E-state index in [-0.39, 0.29) is 18.4 Å². The second kappa shape index (κ2) is 4.77. The molecule has 18 heavy (non-hydrogen) atoms. The van der Waals surface area contributed by atoms with Gasteiger partial charge < -0.3 is 19.3 Å². The van der Waals surface area contributed by atoms with E-state index in [1.54, 1.807) is 20.8 Å². The van der Waals surface area contributed by atoms with E-state index in [0.29, 0.717) is 6.54 Å². The molecule has 2 aliphatic heterocycles. The lowest BCUT2D eigenvalue weighted by Gasteiger charge is -2.26. The molecule has 5 atom stereocenters. The third-order valence-electron chi connectivity index (χ3n) is 2.80. The Labute approximate surface area is 107 Å². The van der Waals surface area contributed by atoms with E-state index >= 15 is 0 Å². The first-order valence-corrected chi connectivity index (χ1v) is 6.23. The van der Waals surface area contributed by atoms with Crippen molar-refractivity contribution in [3.05, 3.63) is 0 Å². The minimum absolute atomic E-state index is 0.0801. The van der Waals surface area contributed by atoms with Crippen molar-refractivity contribution in [2.45, 2.75) is 63.9 Å². The molecule has 0 aromatic carbocycles. The van der Waals surface area contributed by atoms with Crippen molar-refractivity contribution in [3.8, 4) is 0 Å². The predicted molar refractivity (Wildman–Crippen MR) is 62.9 cm³/mol. The summed E-state index contributed by atoms with van der Waals surface area (Å²) in [6.45, 7) is 7.79. The molecule has 0 radical (unpaired) electrons. The van der Waals surface area contributed by atoms with Crippen molar-refractivity contribution in [1.29, 1.82) is 0 Å². The number of aliphatic hydroxyl groups is 1. The molecule has 0 bridgehead atoms. The van der Waals surface area contributed by atoms with Gasteiger partial charge in [0.15, 0.2) is 6.10 Å². The van der Waals surface area contributed by atoms with Crippen molar-refractivity contribution in [2.75, 3.05) is 6.54 Å². The van der Waals surface area contributed by atoms with Crippen LogP contribution < -0.4 is 5.32 Å². The molecule has 6 heteroatoms. The van der Waals surface area contributed by atoms with Gasteiger partial charge in [0, 0.05) is 6.54 Å². The standard InChI is InChI=1S/C12H21NO5/c1-6-5-13-10-9(17-10)8(16-6)7(14)11(15)18-12(2,3)4/h6-10,13-14H,5H2,1-4H3/t6-,7+,8+,9?,10?/m0/s1. The van der Waals surface area contributed by atoms with Gasteiger partial charge in [-0.2, -0.15) is 0 Å². The molecular weight excluding hydrogens is 238 g/mol. The van der Waals surface area contributed by atoms with E-state index in [1.807, 2.05) is 6.92 Å². The van der Waals surface area contributed by atoms with Crippen LogP contribution >= 0.6 is 0 Å². The summed E-state index contributed by atoms with van der Waals surface area (Å²) in [7, 11) is 0. The van der Waals surface area contributed by atoms with E-state index in [9.17, 15) is 9.90 Å². The van der Waals surface area contributed by atoms with E-state index in [1.165, 1.54) is 0 Å². The Bertz CT molecular complexity index is 325. The van der Waals surface area contributed by atoms with Crippen LogP contribution in [0.3, 0.4) is 0 Å². The molecule has 0 amide bonds. The van der Waals surface area contributed by atoms with Crippen molar-refractivity contribution in [2.24, 2.45) is 0 Å². The quantitative estimate of drug-likeness (QED) is 0.527. The molecule has 2 fully saturated rings. The second-order valence-corrected chi connectivity index (χ2v) is 5.82. The number of hydrogen-bond donors (Lipinski definition) is 2. The molecule has 104 valence electrons. The van der Waals surface area contributed by atoms with E-state index in [0.717, 1.165) is 0 Å². The minimum atomic E-state index is -1.32. The fourth-order valence-corrected chi connectivity index (χ4v) is 1.96. The van der Waals surface area contributed by atoms with Crippen LogP contribution in [-0.2, 0) is 19.0 Å². The molecule has 2 unspecified atom stereocenters. The van der Waals surface area contributed by atoms with Gasteiger partial charge in [0.2, 0.25) is 0 Å². The van der Waals surface area contributed by atoms with Crippen LogP contribution in [0.1, 0.15) is 27.7 Å². The number of carbonyl (C=O) groups is 1. The van der Waals surface area contributed by atoms with Gasteiger partial charge in [-0.3, -0.25) is 5.32 Å². The maximum Gasteiger partial charge on any atom is 0.338 e. The highest BCUT2D eigenvalue weighted by atomic mass is 16.6. The smallest absolute Gasteiger partial charge is 0.338 e. The molecule has 6 nitrogen and oxygen atoms in total. The summed E-state index contributed by atoms with van der Waals surface area (Å²) in [4.78, 5) is 11.8. The van der Waals surface area contributed by atoms with Gasteiger partial charge in [-0.25, -0.2) is 4.79 Å². The summed E-state index contributed by atoms with van der Waals surface area (Å²) >= 11 is 0. The molecule has 2 saturated heterocycles. The van der Waals surface area contributed by atoms with Crippen LogP contribution in [0.15, 0.2) is 0 Å². The molecule has 0 saturated carbocycles. The largest absolute Gasteiger partial charge is 0.458 e. The molecular formula is C12H21NO5. The number of epoxide rings is 1.